The SMILES string of the molecule is CO[C@@H]1CN(C)C(=O)c2cc(NC(=O)C3CC3)ccc2OC[C@H](C)N(C(=O)C2CCOCC2)C[C@@H]1C. The molecule has 1 saturated carbocycles. The van der Waals surface area contributed by atoms with E-state index in [0.717, 1.165) is 25.7 Å². The molecule has 1 N–H and O–H groups in total. The number of fused-ring (bicyclic) bond motifs is 1. The molecular formula is C27H39N3O6. The molecule has 2 heterocycles. The molecule has 2 fully saturated rings. The van der Waals surface area contributed by atoms with Crippen molar-refractivity contribution in [2.75, 3.05) is 52.4 Å². The number of nitrogens with zero attached hydrogens (tertiary/aromatic N) is 2. The van der Waals surface area contributed by atoms with Gasteiger partial charge in [0.25, 0.3) is 5.91 Å². The van der Waals surface area contributed by atoms with Crippen molar-refractivity contribution in [2.24, 2.45) is 17.8 Å². The summed E-state index contributed by atoms with van der Waals surface area (Å²) in [5.41, 5.74) is 0.952. The highest BCUT2D eigenvalue weighted by Gasteiger charge is 2.34. The van der Waals surface area contributed by atoms with Crippen LogP contribution >= 0.6 is 0 Å². The molecule has 198 valence electrons. The molecule has 2 aliphatic heterocycles. The van der Waals surface area contributed by atoms with E-state index in [1.165, 1.54) is 0 Å². The number of carbonyl (C=O) groups is 3. The number of methoxy groups -OCH3 is 1. The standard InChI is InChI=1S/C27H39N3O6/c1-17-14-30(26(32)20-9-11-35-12-10-20)18(2)16-36-23-8-7-21(28-25(31)19-5-6-19)13-22(23)27(33)29(3)15-24(17)34-4/h7-8,13,17-20,24H,5-6,9-12,14-16H2,1-4H3,(H,28,31)/t17-,18-,24+/m0/s1. The largest absolute Gasteiger partial charge is 0.491 e. The minimum atomic E-state index is -0.252. The Morgan fingerprint density at radius 3 is 2.44 bits per heavy atom. The van der Waals surface area contributed by atoms with Crippen LogP contribution in [0.15, 0.2) is 18.2 Å². The van der Waals surface area contributed by atoms with E-state index in [2.05, 4.69) is 12.2 Å². The maximum Gasteiger partial charge on any atom is 0.257 e. The number of anilines is 1. The molecule has 1 aromatic carbocycles. The Hall–Kier alpha value is -2.65. The van der Waals surface area contributed by atoms with Gasteiger partial charge in [0.05, 0.1) is 17.7 Å². The molecule has 36 heavy (non-hydrogen) atoms. The second kappa shape index (κ2) is 11.6. The van der Waals surface area contributed by atoms with Crippen LogP contribution in [0.25, 0.3) is 0 Å². The third-order valence-corrected chi connectivity index (χ3v) is 7.51. The van der Waals surface area contributed by atoms with Crippen LogP contribution in [-0.4, -0.2) is 86.7 Å². The molecule has 9 heteroatoms. The zero-order valence-corrected chi connectivity index (χ0v) is 21.8. The van der Waals surface area contributed by atoms with Crippen LogP contribution in [-0.2, 0) is 19.1 Å². The number of hydrogen-bond acceptors (Lipinski definition) is 6. The van der Waals surface area contributed by atoms with Crippen LogP contribution in [0.5, 0.6) is 5.75 Å². The molecule has 3 amide bonds. The van der Waals surface area contributed by atoms with Gasteiger partial charge in [-0.25, -0.2) is 0 Å². The zero-order chi connectivity index (χ0) is 25.8. The summed E-state index contributed by atoms with van der Waals surface area (Å²) in [5.74, 6) is 0.333. The predicted molar refractivity (Wildman–Crippen MR) is 135 cm³/mol. The summed E-state index contributed by atoms with van der Waals surface area (Å²) in [7, 11) is 3.38. The molecule has 0 spiro atoms. The van der Waals surface area contributed by atoms with E-state index < -0.39 is 0 Å². The van der Waals surface area contributed by atoms with Gasteiger partial charge in [-0.05, 0) is 50.8 Å². The first-order valence-electron chi connectivity index (χ1n) is 13.0. The maximum absolute atomic E-state index is 13.6. The fourth-order valence-electron chi connectivity index (χ4n) is 4.93. The van der Waals surface area contributed by atoms with Crippen LogP contribution in [0.3, 0.4) is 0 Å². The van der Waals surface area contributed by atoms with Crippen molar-refractivity contribution in [1.29, 1.82) is 0 Å². The number of hydrogen-bond donors (Lipinski definition) is 1. The Balaban J connectivity index is 1.61. The average Bonchev–Trinajstić information content (AvgIpc) is 3.74. The van der Waals surface area contributed by atoms with Crippen molar-refractivity contribution < 1.29 is 28.6 Å². The Morgan fingerprint density at radius 1 is 1.06 bits per heavy atom. The van der Waals surface area contributed by atoms with Crippen LogP contribution in [0.4, 0.5) is 5.69 Å². The summed E-state index contributed by atoms with van der Waals surface area (Å²) >= 11 is 0. The monoisotopic (exact) mass is 501 g/mol. The van der Waals surface area contributed by atoms with Gasteiger partial charge in [-0.15, -0.1) is 0 Å². The summed E-state index contributed by atoms with van der Waals surface area (Å²) in [6.45, 7) is 6.36. The lowest BCUT2D eigenvalue weighted by Gasteiger charge is -2.38. The van der Waals surface area contributed by atoms with E-state index >= 15 is 0 Å². The van der Waals surface area contributed by atoms with Gasteiger partial charge < -0.3 is 29.3 Å². The topological polar surface area (TPSA) is 97.4 Å². The second-order valence-electron chi connectivity index (χ2n) is 10.4. The highest BCUT2D eigenvalue weighted by Crippen LogP contribution is 2.32. The van der Waals surface area contributed by atoms with Crippen LogP contribution in [0.2, 0.25) is 0 Å². The normalized spacial score (nSPS) is 26.3. The fraction of sp³-hybridized carbons (Fsp3) is 0.667. The predicted octanol–water partition coefficient (Wildman–Crippen LogP) is 2.79. The summed E-state index contributed by atoms with van der Waals surface area (Å²) in [5, 5.41) is 2.92. The van der Waals surface area contributed by atoms with Crippen molar-refractivity contribution in [3.05, 3.63) is 23.8 Å². The second-order valence-corrected chi connectivity index (χ2v) is 10.4. The molecule has 0 aromatic heterocycles. The van der Waals surface area contributed by atoms with Crippen molar-refractivity contribution in [1.82, 2.24) is 9.80 Å². The smallest absolute Gasteiger partial charge is 0.257 e. The van der Waals surface area contributed by atoms with Gasteiger partial charge >= 0.3 is 0 Å². The Bertz CT molecular complexity index is 959. The first-order valence-corrected chi connectivity index (χ1v) is 13.0. The van der Waals surface area contributed by atoms with Crippen LogP contribution in [0.1, 0.15) is 49.9 Å². The van der Waals surface area contributed by atoms with E-state index in [-0.39, 0.29) is 54.2 Å². The molecule has 0 unspecified atom stereocenters. The third kappa shape index (κ3) is 6.18. The summed E-state index contributed by atoms with van der Waals surface area (Å²) in [6, 6.07) is 4.97. The van der Waals surface area contributed by atoms with Gasteiger partial charge in [0.1, 0.15) is 12.4 Å². The molecule has 0 bridgehead atoms. The molecule has 3 aliphatic rings. The minimum Gasteiger partial charge on any atom is -0.491 e. The summed E-state index contributed by atoms with van der Waals surface area (Å²) in [6.07, 6.45) is 3.00. The van der Waals surface area contributed by atoms with E-state index in [9.17, 15) is 14.4 Å². The Labute approximate surface area is 213 Å². The molecule has 0 radical (unpaired) electrons. The van der Waals surface area contributed by atoms with E-state index in [1.807, 2.05) is 11.8 Å². The molecule has 1 saturated heterocycles. The molecule has 1 aliphatic carbocycles. The molecule has 9 nitrogen and oxygen atoms in total. The first-order chi connectivity index (χ1) is 17.3. The fourth-order valence-corrected chi connectivity index (χ4v) is 4.93. The van der Waals surface area contributed by atoms with Crippen molar-refractivity contribution >= 4 is 23.4 Å². The van der Waals surface area contributed by atoms with Gasteiger partial charge in [-0.1, -0.05) is 6.92 Å². The van der Waals surface area contributed by atoms with Crippen LogP contribution in [0, 0.1) is 17.8 Å². The van der Waals surface area contributed by atoms with Gasteiger partial charge in [-0.2, -0.15) is 0 Å². The van der Waals surface area contributed by atoms with Gasteiger partial charge in [0.15, 0.2) is 0 Å². The molecular weight excluding hydrogens is 462 g/mol. The Morgan fingerprint density at radius 2 is 1.78 bits per heavy atom. The first kappa shape index (κ1) is 26.4. The lowest BCUT2D eigenvalue weighted by molar-refractivity contribution is -0.142. The quantitative estimate of drug-likeness (QED) is 0.682. The van der Waals surface area contributed by atoms with Gasteiger partial charge in [-0.3, -0.25) is 14.4 Å². The number of nitrogens with one attached hydrogen (secondary N) is 1. The van der Waals surface area contributed by atoms with Crippen molar-refractivity contribution in [3.63, 3.8) is 0 Å². The maximum atomic E-state index is 13.6. The highest BCUT2D eigenvalue weighted by atomic mass is 16.5. The summed E-state index contributed by atoms with van der Waals surface area (Å²) in [4.78, 5) is 42.9. The van der Waals surface area contributed by atoms with E-state index in [4.69, 9.17) is 14.2 Å². The zero-order valence-electron chi connectivity index (χ0n) is 21.8. The van der Waals surface area contributed by atoms with Gasteiger partial charge in [0.2, 0.25) is 11.8 Å². The lowest BCUT2D eigenvalue weighted by atomic mass is 9.95. The minimum absolute atomic E-state index is 0.000415. The number of likely N-dealkylation sites (N-methyl/N-ethyl adjacent to an activating group) is 1. The number of benzene rings is 1. The number of rotatable bonds is 4. The van der Waals surface area contributed by atoms with E-state index in [0.29, 0.717) is 43.3 Å². The third-order valence-electron chi connectivity index (χ3n) is 7.51. The Kier molecular flexibility index (Phi) is 8.51. The lowest BCUT2D eigenvalue weighted by Crippen LogP contribution is -2.50. The van der Waals surface area contributed by atoms with Crippen molar-refractivity contribution in [2.45, 2.75) is 51.7 Å². The van der Waals surface area contributed by atoms with Crippen LogP contribution < -0.4 is 10.1 Å². The molecule has 3 atom stereocenters. The molecule has 4 rings (SSSR count). The van der Waals surface area contributed by atoms with Gasteiger partial charge in [0, 0.05) is 63.9 Å². The molecule has 1 aromatic rings. The number of amides is 3. The van der Waals surface area contributed by atoms with Crippen molar-refractivity contribution in [3.8, 4) is 5.75 Å². The van der Waals surface area contributed by atoms with E-state index in [1.54, 1.807) is 37.3 Å². The number of carbonyl (C=O) groups excluding carboxylic acids is 3. The summed E-state index contributed by atoms with van der Waals surface area (Å²) < 4.78 is 17.4. The average molecular weight is 502 g/mol. The highest BCUT2D eigenvalue weighted by molar-refractivity contribution is 6.00. The number of ether oxygens (including phenoxy) is 3.